The van der Waals surface area contributed by atoms with Gasteiger partial charge in [0.1, 0.15) is 0 Å². The van der Waals surface area contributed by atoms with Crippen molar-refractivity contribution in [3.05, 3.63) is 338 Å². The SMILES string of the molecule is CCS(=O)(=O)c1ccc(C(=O)Nc2ccc(Cl)c(-c3ccccn3)c2)cc1.CN(C)Cc1ccc(C(=O)Nc2ccc(Cl)c(-c3ccccn3)c2)c(Cl)c1.O=C(Nc1ccc(Cl)c(-c2ccccn2)c1)c1ccc(CN2CCOCC2)nc1.O=C(Nc1ccc(Cl)c(-c2ccccn2)c1)c1ccc(CNc2ncccn2)cc1. The van der Waals surface area contributed by atoms with Crippen LogP contribution in [0.25, 0.3) is 45.0 Å². The number of amides is 4. The molecule has 13 aromatic rings. The number of pyridine rings is 5. The van der Waals surface area contributed by atoms with Crippen LogP contribution < -0.4 is 26.6 Å². The molecule has 0 bridgehead atoms. The molecule has 5 N–H and O–H groups in total. The number of nitrogens with zero attached hydrogens (tertiary/aromatic N) is 9. The Kier molecular flexibility index (Phi) is 29.5. The molecule has 21 nitrogen and oxygen atoms in total. The van der Waals surface area contributed by atoms with Crippen LogP contribution in [0.5, 0.6) is 0 Å². The summed E-state index contributed by atoms with van der Waals surface area (Å²) in [7, 11) is 0.667. The first-order valence-electron chi connectivity index (χ1n) is 35.4. The second kappa shape index (κ2) is 40.5. The van der Waals surface area contributed by atoms with Crippen molar-refractivity contribution in [2.45, 2.75) is 31.5 Å². The highest BCUT2D eigenvalue weighted by Gasteiger charge is 2.19. The Morgan fingerprint density at radius 2 is 0.823 bits per heavy atom. The lowest BCUT2D eigenvalue weighted by molar-refractivity contribution is 0.0336. The van der Waals surface area contributed by atoms with Crippen LogP contribution in [0.15, 0.2) is 279 Å². The molecule has 6 aromatic heterocycles. The fourth-order valence-corrected chi connectivity index (χ4v) is 13.3. The lowest BCUT2D eigenvalue weighted by atomic mass is 10.1. The highest BCUT2D eigenvalue weighted by molar-refractivity contribution is 7.91. The van der Waals surface area contributed by atoms with Gasteiger partial charge in [0.2, 0.25) is 5.95 Å². The number of carbonyl (C=O) groups is 4. The summed E-state index contributed by atoms with van der Waals surface area (Å²) in [5, 5.41) is 17.3. The summed E-state index contributed by atoms with van der Waals surface area (Å²) >= 11 is 31.5. The quantitative estimate of drug-likeness (QED) is 0.0447. The molecule has 0 aliphatic carbocycles. The van der Waals surface area contributed by atoms with Crippen LogP contribution in [-0.4, -0.2) is 123 Å². The third-order valence-electron chi connectivity index (χ3n) is 17.1. The standard InChI is InChI=1S/C23H18ClN5O.C22H21ClN4O2.C21H19Cl2N3O.C20H17ClN2O3S/c24-20-10-9-18(14-19(20)21-4-1-2-11-25-21)29-22(30)17-7-5-16(6-8-17)15-28-23-26-12-3-13-27-23;23-20-7-6-17(13-19(20)21-3-1-2-8-24-21)26-22(28)16-4-5-18(25-14-16)15-27-9-11-29-12-10-27;1-26(2)13-14-6-8-16(19(23)11-14)21(27)25-15-7-9-18(22)17(12-15)20-5-3-4-10-24-20;1-2-27(25,26)16-9-6-14(7-10-16)20(24)23-15-8-11-18(21)17(13-15)19-5-3-4-12-22-19/h1-14H,15H2,(H,29,30)(H,26,27,28);1-8,13-14H,9-12,15H2,(H,26,28);3-12H,13H2,1-2H3,(H,25,27);3-13H,2H2,1H3,(H,23,24). The number of hydrogen-bond acceptors (Lipinski definition) is 17. The van der Waals surface area contributed by atoms with Gasteiger partial charge < -0.3 is 36.2 Å². The summed E-state index contributed by atoms with van der Waals surface area (Å²) in [6, 6.07) is 67.6. The molecule has 1 saturated heterocycles. The number of ether oxygens (including phenoxy) is 1. The molecule has 1 fully saturated rings. The lowest BCUT2D eigenvalue weighted by Gasteiger charge is -2.26. The van der Waals surface area contributed by atoms with Gasteiger partial charge in [-0.15, -0.1) is 0 Å². The van der Waals surface area contributed by atoms with E-state index < -0.39 is 9.84 Å². The van der Waals surface area contributed by atoms with Gasteiger partial charge in [-0.25, -0.2) is 18.4 Å². The Morgan fingerprint density at radius 1 is 0.425 bits per heavy atom. The van der Waals surface area contributed by atoms with Crippen LogP contribution in [-0.2, 0) is 34.2 Å². The molecule has 7 heterocycles. The van der Waals surface area contributed by atoms with E-state index in [2.05, 4.69) is 66.4 Å². The van der Waals surface area contributed by atoms with Crippen molar-refractivity contribution in [2.75, 3.05) is 72.7 Å². The molecular formula is C86H75Cl5N14O7S. The minimum absolute atomic E-state index is 0.0135. The fourth-order valence-electron chi connectivity index (χ4n) is 11.3. The van der Waals surface area contributed by atoms with Gasteiger partial charge >= 0.3 is 0 Å². The lowest BCUT2D eigenvalue weighted by Crippen LogP contribution is -2.35. The maximum Gasteiger partial charge on any atom is 0.257 e. The zero-order valence-electron chi connectivity index (χ0n) is 61.3. The van der Waals surface area contributed by atoms with E-state index in [1.54, 1.807) is 141 Å². The molecule has 572 valence electrons. The van der Waals surface area contributed by atoms with Crippen molar-refractivity contribution in [2.24, 2.45) is 0 Å². The molecule has 4 amide bonds. The van der Waals surface area contributed by atoms with Gasteiger partial charge in [-0.2, -0.15) is 0 Å². The topological polar surface area (TPSA) is 269 Å². The van der Waals surface area contributed by atoms with Gasteiger partial charge in [0.15, 0.2) is 9.84 Å². The van der Waals surface area contributed by atoms with Gasteiger partial charge in [-0.3, -0.25) is 49.0 Å². The van der Waals surface area contributed by atoms with E-state index in [9.17, 15) is 27.6 Å². The van der Waals surface area contributed by atoms with Crippen molar-refractivity contribution in [3.63, 3.8) is 0 Å². The molecule has 1 aliphatic heterocycles. The van der Waals surface area contributed by atoms with Gasteiger partial charge in [0, 0.05) is 132 Å². The largest absolute Gasteiger partial charge is 0.379 e. The first-order chi connectivity index (χ1) is 54.7. The number of aromatic nitrogens is 7. The van der Waals surface area contributed by atoms with E-state index in [1.807, 2.05) is 134 Å². The van der Waals surface area contributed by atoms with Gasteiger partial charge in [0.25, 0.3) is 23.6 Å². The van der Waals surface area contributed by atoms with E-state index in [1.165, 1.54) is 24.3 Å². The predicted molar refractivity (Wildman–Crippen MR) is 450 cm³/mol. The third kappa shape index (κ3) is 23.9. The first kappa shape index (κ1) is 82.3. The average Bonchev–Trinajstić information content (AvgIpc) is 0.841. The smallest absolute Gasteiger partial charge is 0.257 e. The molecule has 0 saturated carbocycles. The van der Waals surface area contributed by atoms with E-state index in [0.717, 1.165) is 90.0 Å². The fraction of sp³-hybridized carbons (Fsp3) is 0.128. The third-order valence-corrected chi connectivity index (χ3v) is 20.5. The Bertz CT molecular complexity index is 5500. The van der Waals surface area contributed by atoms with Crippen LogP contribution in [0.4, 0.5) is 28.7 Å². The molecule has 14 rings (SSSR count). The Hall–Kier alpha value is -11.7. The molecular weight excluding hydrogens is 1550 g/mol. The van der Waals surface area contributed by atoms with Crippen molar-refractivity contribution in [3.8, 4) is 45.0 Å². The average molecular weight is 1630 g/mol. The van der Waals surface area contributed by atoms with E-state index in [-0.39, 0.29) is 34.3 Å². The van der Waals surface area contributed by atoms with E-state index in [4.69, 9.17) is 62.7 Å². The summed E-state index contributed by atoms with van der Waals surface area (Å²) in [4.78, 5) is 84.8. The maximum absolute atomic E-state index is 12.6. The first-order valence-corrected chi connectivity index (χ1v) is 39.0. The predicted octanol–water partition coefficient (Wildman–Crippen LogP) is 18.8. The summed E-state index contributed by atoms with van der Waals surface area (Å²) < 4.78 is 29.1. The highest BCUT2D eigenvalue weighted by atomic mass is 35.5. The minimum Gasteiger partial charge on any atom is -0.379 e. The summed E-state index contributed by atoms with van der Waals surface area (Å²) in [5.41, 5.74) is 13.3. The number of carbonyl (C=O) groups excluding carboxylic acids is 4. The number of halogens is 5. The van der Waals surface area contributed by atoms with Gasteiger partial charge in [-0.05, 0) is 213 Å². The van der Waals surface area contributed by atoms with Crippen molar-refractivity contribution in [1.29, 1.82) is 0 Å². The van der Waals surface area contributed by atoms with Crippen LogP contribution >= 0.6 is 58.0 Å². The second-order valence-corrected chi connectivity index (χ2v) is 29.8. The van der Waals surface area contributed by atoms with Crippen molar-refractivity contribution in [1.82, 2.24) is 44.7 Å². The Labute approximate surface area is 679 Å². The minimum atomic E-state index is -3.29. The van der Waals surface area contributed by atoms with Crippen LogP contribution in [0.2, 0.25) is 25.1 Å². The van der Waals surface area contributed by atoms with Crippen molar-refractivity contribution >= 4 is 120 Å². The summed E-state index contributed by atoms with van der Waals surface area (Å²) in [6.07, 6.45) is 11.8. The van der Waals surface area contributed by atoms with Gasteiger partial charge in [-0.1, -0.05) is 107 Å². The normalized spacial score (nSPS) is 11.8. The number of nitrogens with one attached hydrogen (secondary N) is 5. The molecule has 0 atom stereocenters. The molecule has 0 unspecified atom stereocenters. The monoisotopic (exact) mass is 1620 g/mol. The zero-order chi connectivity index (χ0) is 79.6. The number of anilines is 5. The van der Waals surface area contributed by atoms with Crippen LogP contribution in [0.1, 0.15) is 65.2 Å². The number of benzene rings is 7. The Morgan fingerprint density at radius 3 is 1.21 bits per heavy atom. The highest BCUT2D eigenvalue weighted by Crippen LogP contribution is 2.34. The van der Waals surface area contributed by atoms with E-state index >= 15 is 0 Å². The number of sulfone groups is 1. The number of hydrogen-bond donors (Lipinski definition) is 5. The summed E-state index contributed by atoms with van der Waals surface area (Å²) in [5.74, 6) is -0.458. The van der Waals surface area contributed by atoms with Crippen molar-refractivity contribution < 1.29 is 32.3 Å². The number of rotatable bonds is 21. The molecule has 27 heteroatoms. The second-order valence-electron chi connectivity index (χ2n) is 25.5. The molecule has 0 radical (unpaired) electrons. The molecule has 7 aromatic carbocycles. The summed E-state index contributed by atoms with van der Waals surface area (Å²) in [6.45, 7) is 6.97. The van der Waals surface area contributed by atoms with E-state index in [0.29, 0.717) is 93.9 Å². The van der Waals surface area contributed by atoms with Crippen LogP contribution in [0.3, 0.4) is 0 Å². The molecule has 113 heavy (non-hydrogen) atoms. The molecule has 0 spiro atoms. The maximum atomic E-state index is 12.6. The number of morpholine rings is 1. The van der Waals surface area contributed by atoms with Crippen LogP contribution in [0, 0.1) is 0 Å². The van der Waals surface area contributed by atoms with Gasteiger partial charge in [0.05, 0.1) is 88.6 Å². The zero-order valence-corrected chi connectivity index (χ0v) is 65.9. The molecule has 1 aliphatic rings. The Balaban J connectivity index is 0.000000149.